The van der Waals surface area contributed by atoms with E-state index in [1.54, 1.807) is 0 Å². The van der Waals surface area contributed by atoms with Crippen molar-refractivity contribution >= 4 is 21.5 Å². The first-order chi connectivity index (χ1) is 24.8. The molecule has 0 atom stereocenters. The number of nitrogens with zero attached hydrogens (tertiary/aromatic N) is 3. The molecular weight excluding hydrogens is 607 g/mol. The molecule has 0 unspecified atom stereocenters. The van der Waals surface area contributed by atoms with Gasteiger partial charge in [0.1, 0.15) is 0 Å². The molecule has 234 valence electrons. The van der Waals surface area contributed by atoms with Crippen molar-refractivity contribution in [2.24, 2.45) is 0 Å². The van der Waals surface area contributed by atoms with Crippen LogP contribution in [0.5, 0.6) is 0 Å². The van der Waals surface area contributed by atoms with E-state index in [4.69, 9.17) is 9.97 Å². The summed E-state index contributed by atoms with van der Waals surface area (Å²) < 4.78 is 0. The van der Waals surface area contributed by atoms with Crippen molar-refractivity contribution in [1.29, 1.82) is 0 Å². The molecule has 0 radical (unpaired) electrons. The van der Waals surface area contributed by atoms with Gasteiger partial charge in [0.15, 0.2) is 5.82 Å². The van der Waals surface area contributed by atoms with Gasteiger partial charge in [-0.05, 0) is 74.1 Å². The summed E-state index contributed by atoms with van der Waals surface area (Å²) in [5, 5.41) is 4.92. The molecule has 9 aromatic rings. The third-order valence-corrected chi connectivity index (χ3v) is 9.32. The monoisotopic (exact) mass is 637 g/mol. The molecule has 0 spiro atoms. The van der Waals surface area contributed by atoms with E-state index in [0.717, 1.165) is 44.9 Å². The highest BCUT2D eigenvalue weighted by molar-refractivity contribution is 6.21. The fourth-order valence-corrected chi connectivity index (χ4v) is 7.02. The summed E-state index contributed by atoms with van der Waals surface area (Å²) in [6.07, 6.45) is 1.82. The average Bonchev–Trinajstić information content (AvgIpc) is 3.21. The van der Waals surface area contributed by atoms with Crippen molar-refractivity contribution in [3.05, 3.63) is 188 Å². The summed E-state index contributed by atoms with van der Waals surface area (Å²) in [6, 6.07) is 63.8. The second-order valence-corrected chi connectivity index (χ2v) is 12.4. The summed E-state index contributed by atoms with van der Waals surface area (Å²) in [7, 11) is 0. The molecule has 0 N–H and O–H groups in total. The van der Waals surface area contributed by atoms with E-state index >= 15 is 0 Å². The molecule has 0 aliphatic carbocycles. The van der Waals surface area contributed by atoms with Crippen LogP contribution >= 0.6 is 0 Å². The molecule has 9 rings (SSSR count). The van der Waals surface area contributed by atoms with E-state index in [2.05, 4.69) is 157 Å². The average molecular weight is 638 g/mol. The minimum Gasteiger partial charge on any atom is -0.256 e. The third kappa shape index (κ3) is 5.41. The van der Waals surface area contributed by atoms with Gasteiger partial charge < -0.3 is 0 Å². The first kappa shape index (κ1) is 29.4. The van der Waals surface area contributed by atoms with Crippen LogP contribution in [0, 0.1) is 0 Å². The van der Waals surface area contributed by atoms with Crippen molar-refractivity contribution in [3.63, 3.8) is 0 Å². The SMILES string of the molecule is c1ccc(-c2cc(-c3cccc(-c4c5ccccc5c(-c5ccccc5)c5ccccc45)c3)nc(-c3cccc(-c4ccccn4)c3)n2)cc1. The fraction of sp³-hybridized carbons (Fsp3) is 0. The first-order valence-corrected chi connectivity index (χ1v) is 16.9. The van der Waals surface area contributed by atoms with E-state index in [1.165, 1.54) is 38.2 Å². The lowest BCUT2D eigenvalue weighted by Gasteiger charge is -2.18. The normalized spacial score (nSPS) is 11.2. The molecule has 0 saturated heterocycles. The highest BCUT2D eigenvalue weighted by atomic mass is 14.9. The maximum atomic E-state index is 5.22. The Balaban J connectivity index is 1.24. The second kappa shape index (κ2) is 12.7. The second-order valence-electron chi connectivity index (χ2n) is 12.4. The van der Waals surface area contributed by atoms with Crippen LogP contribution in [0.2, 0.25) is 0 Å². The minimum atomic E-state index is 0.674. The van der Waals surface area contributed by atoms with Gasteiger partial charge in [0.2, 0.25) is 0 Å². The van der Waals surface area contributed by atoms with Gasteiger partial charge in [0.05, 0.1) is 17.1 Å². The molecule has 2 heterocycles. The van der Waals surface area contributed by atoms with E-state index in [9.17, 15) is 0 Å². The Hall–Kier alpha value is -6.71. The number of hydrogen-bond donors (Lipinski definition) is 0. The largest absolute Gasteiger partial charge is 0.256 e. The molecule has 7 aromatic carbocycles. The van der Waals surface area contributed by atoms with Crippen LogP contribution in [0.3, 0.4) is 0 Å². The topological polar surface area (TPSA) is 38.7 Å². The molecule has 3 heteroatoms. The van der Waals surface area contributed by atoms with E-state index in [1.807, 2.05) is 36.5 Å². The first-order valence-electron chi connectivity index (χ1n) is 16.9. The zero-order chi connectivity index (χ0) is 33.3. The highest BCUT2D eigenvalue weighted by Gasteiger charge is 2.18. The number of pyridine rings is 1. The summed E-state index contributed by atoms with van der Waals surface area (Å²) in [5.74, 6) is 0.674. The van der Waals surface area contributed by atoms with E-state index < -0.39 is 0 Å². The standard InChI is InChI=1S/C47H31N3/c1-3-15-32(16-4-1)43-31-44(50-47(49-43)37-22-14-19-34(30-37)42-27-11-12-28-48-42)35-20-13-21-36(29-35)46-40-25-9-7-23-38(40)45(33-17-5-2-6-18-33)39-24-8-10-26-41(39)46/h1-31H. The smallest absolute Gasteiger partial charge is 0.160 e. The zero-order valence-corrected chi connectivity index (χ0v) is 27.2. The van der Waals surface area contributed by atoms with Gasteiger partial charge >= 0.3 is 0 Å². The molecule has 0 amide bonds. The Bertz CT molecular complexity index is 2580. The molecule has 0 aliphatic heterocycles. The molecule has 2 aromatic heterocycles. The maximum Gasteiger partial charge on any atom is 0.160 e. The van der Waals surface area contributed by atoms with Crippen LogP contribution in [0.25, 0.3) is 89.0 Å². The Morgan fingerprint density at radius 3 is 1.32 bits per heavy atom. The van der Waals surface area contributed by atoms with Crippen LogP contribution in [-0.4, -0.2) is 15.0 Å². The highest BCUT2D eigenvalue weighted by Crippen LogP contribution is 2.44. The van der Waals surface area contributed by atoms with Crippen molar-refractivity contribution in [3.8, 4) is 67.4 Å². The fourth-order valence-electron chi connectivity index (χ4n) is 7.02. The quantitative estimate of drug-likeness (QED) is 0.170. The Morgan fingerprint density at radius 2 is 0.720 bits per heavy atom. The lowest BCUT2D eigenvalue weighted by molar-refractivity contribution is 1.18. The van der Waals surface area contributed by atoms with Crippen LogP contribution < -0.4 is 0 Å². The molecule has 0 fully saturated rings. The summed E-state index contributed by atoms with van der Waals surface area (Å²) in [6.45, 7) is 0. The molecule has 0 aliphatic rings. The molecule has 3 nitrogen and oxygen atoms in total. The number of aromatic nitrogens is 3. The van der Waals surface area contributed by atoms with Crippen LogP contribution in [0.1, 0.15) is 0 Å². The van der Waals surface area contributed by atoms with Crippen LogP contribution in [0.4, 0.5) is 0 Å². The van der Waals surface area contributed by atoms with Gasteiger partial charge in [-0.2, -0.15) is 0 Å². The van der Waals surface area contributed by atoms with Crippen molar-refractivity contribution in [2.75, 3.05) is 0 Å². The molecular formula is C47H31N3. The van der Waals surface area contributed by atoms with E-state index in [-0.39, 0.29) is 0 Å². The van der Waals surface area contributed by atoms with Gasteiger partial charge in [-0.25, -0.2) is 9.97 Å². The minimum absolute atomic E-state index is 0.674. The number of hydrogen-bond acceptors (Lipinski definition) is 3. The summed E-state index contributed by atoms with van der Waals surface area (Å²) in [4.78, 5) is 14.9. The van der Waals surface area contributed by atoms with Crippen molar-refractivity contribution in [1.82, 2.24) is 15.0 Å². The van der Waals surface area contributed by atoms with E-state index in [0.29, 0.717) is 5.82 Å². The van der Waals surface area contributed by atoms with Crippen LogP contribution in [0.15, 0.2) is 188 Å². The van der Waals surface area contributed by atoms with Crippen molar-refractivity contribution in [2.45, 2.75) is 0 Å². The third-order valence-electron chi connectivity index (χ3n) is 9.32. The Kier molecular flexibility index (Phi) is 7.49. The lowest BCUT2D eigenvalue weighted by atomic mass is 9.85. The van der Waals surface area contributed by atoms with Gasteiger partial charge in [-0.15, -0.1) is 0 Å². The number of benzene rings is 7. The predicted molar refractivity (Wildman–Crippen MR) is 207 cm³/mol. The summed E-state index contributed by atoms with van der Waals surface area (Å²) in [5.41, 5.74) is 11.6. The Morgan fingerprint density at radius 1 is 0.280 bits per heavy atom. The van der Waals surface area contributed by atoms with Crippen molar-refractivity contribution < 1.29 is 0 Å². The van der Waals surface area contributed by atoms with Gasteiger partial charge in [-0.3, -0.25) is 4.98 Å². The van der Waals surface area contributed by atoms with Crippen LogP contribution in [-0.2, 0) is 0 Å². The van der Waals surface area contributed by atoms with Gasteiger partial charge in [0.25, 0.3) is 0 Å². The molecule has 50 heavy (non-hydrogen) atoms. The van der Waals surface area contributed by atoms with Gasteiger partial charge in [0, 0.05) is 28.5 Å². The Labute approximate surface area is 291 Å². The number of fused-ring (bicyclic) bond motifs is 2. The molecule has 0 bridgehead atoms. The zero-order valence-electron chi connectivity index (χ0n) is 27.2. The number of rotatable bonds is 6. The maximum absolute atomic E-state index is 5.22. The summed E-state index contributed by atoms with van der Waals surface area (Å²) >= 11 is 0. The predicted octanol–water partition coefficient (Wildman–Crippen LogP) is 12.2. The lowest BCUT2D eigenvalue weighted by Crippen LogP contribution is -1.97. The van der Waals surface area contributed by atoms with Gasteiger partial charge in [-0.1, -0.05) is 152 Å². The molecule has 0 saturated carbocycles.